The van der Waals surface area contributed by atoms with Gasteiger partial charge < -0.3 is 9.88 Å². The molecule has 0 aliphatic carbocycles. The normalized spacial score (nSPS) is 13.8. The first-order chi connectivity index (χ1) is 24.5. The van der Waals surface area contributed by atoms with E-state index in [9.17, 15) is 0 Å². The number of thiophene rings is 1. The monoisotopic (exact) mass is 656 g/mol. The first-order valence-corrected chi connectivity index (χ1v) is 18.4. The van der Waals surface area contributed by atoms with Crippen LogP contribution in [0.5, 0.6) is 0 Å². The van der Waals surface area contributed by atoms with Crippen LogP contribution in [0.2, 0.25) is 0 Å². The van der Waals surface area contributed by atoms with E-state index in [2.05, 4.69) is 164 Å². The predicted molar refractivity (Wildman–Crippen MR) is 218 cm³/mol. The van der Waals surface area contributed by atoms with Crippen molar-refractivity contribution in [3.05, 3.63) is 150 Å². The van der Waals surface area contributed by atoms with Gasteiger partial charge in [-0.2, -0.15) is 0 Å². The smallest absolute Gasteiger partial charge is 0.198 e. The van der Waals surface area contributed by atoms with Crippen LogP contribution < -0.4 is 16.2 Å². The van der Waals surface area contributed by atoms with Crippen LogP contribution in [0.4, 0.5) is 11.4 Å². The maximum absolute atomic E-state index is 3.80. The molecule has 50 heavy (non-hydrogen) atoms. The summed E-state index contributed by atoms with van der Waals surface area (Å²) in [5.74, 6) is 0. The number of aromatic nitrogens is 1. The summed E-state index contributed by atoms with van der Waals surface area (Å²) >= 11 is 1.89. The number of nitrogens with zero attached hydrogens (tertiary/aromatic N) is 1. The summed E-state index contributed by atoms with van der Waals surface area (Å²) < 4.78 is 5.32. The molecule has 7 aromatic carbocycles. The Labute approximate surface area is 295 Å². The Hall–Kier alpha value is -5.58. The summed E-state index contributed by atoms with van der Waals surface area (Å²) in [5, 5.41) is 9.18. The van der Waals surface area contributed by atoms with E-state index in [-0.39, 0.29) is 5.41 Å². The lowest BCUT2D eigenvalue weighted by molar-refractivity contribution is 0.631. The minimum Gasteiger partial charge on any atom is -0.355 e. The molecule has 0 saturated heterocycles. The summed E-state index contributed by atoms with van der Waals surface area (Å²) in [5.41, 5.74) is 18.2. The van der Waals surface area contributed by atoms with Gasteiger partial charge in [-0.3, -0.25) is 0 Å². The Morgan fingerprint density at radius 1 is 0.620 bits per heavy atom. The second-order valence-electron chi connectivity index (χ2n) is 14.7. The molecule has 11 rings (SSSR count). The molecule has 2 aliphatic heterocycles. The molecule has 2 nitrogen and oxygen atoms in total. The molecule has 0 fully saturated rings. The number of anilines is 2. The highest BCUT2D eigenvalue weighted by Crippen LogP contribution is 2.50. The highest BCUT2D eigenvalue weighted by Gasteiger charge is 2.39. The van der Waals surface area contributed by atoms with Crippen LogP contribution in [0.15, 0.2) is 133 Å². The third-order valence-electron chi connectivity index (χ3n) is 11.5. The molecule has 2 aromatic heterocycles. The Kier molecular flexibility index (Phi) is 5.65. The number of rotatable bonds is 4. The molecule has 0 amide bonds. The molecular formula is C46H33BN2S. The lowest BCUT2D eigenvalue weighted by Gasteiger charge is -2.37. The van der Waals surface area contributed by atoms with E-state index in [1.165, 1.54) is 97.5 Å². The highest BCUT2D eigenvalue weighted by atomic mass is 32.1. The van der Waals surface area contributed by atoms with E-state index in [1.54, 1.807) is 0 Å². The van der Waals surface area contributed by atoms with Crippen molar-refractivity contribution in [2.24, 2.45) is 0 Å². The van der Waals surface area contributed by atoms with Gasteiger partial charge in [0.15, 0.2) is 7.28 Å². The molecule has 0 radical (unpaired) electrons. The Balaban J connectivity index is 1.28. The lowest BCUT2D eigenvalue weighted by Crippen LogP contribution is -2.41. The SMILES string of the molecule is Cc1ccc(Nc2ccccc2-c2cc(-c3ccc4c(c3)sc3ccccc34)c3c4cccc5c4n4c3c2Bc2cccc(c2-4)C5(C)C)cc1. The van der Waals surface area contributed by atoms with Gasteiger partial charge in [0.1, 0.15) is 0 Å². The third-order valence-corrected chi connectivity index (χ3v) is 12.6. The Morgan fingerprint density at radius 2 is 1.38 bits per heavy atom. The van der Waals surface area contributed by atoms with Crippen molar-refractivity contribution in [2.45, 2.75) is 26.2 Å². The fourth-order valence-electron chi connectivity index (χ4n) is 9.05. The van der Waals surface area contributed by atoms with Crippen LogP contribution in [0.3, 0.4) is 0 Å². The quantitative estimate of drug-likeness (QED) is 0.187. The zero-order valence-electron chi connectivity index (χ0n) is 28.3. The number of benzene rings is 7. The molecule has 4 heteroatoms. The minimum atomic E-state index is -0.101. The molecule has 0 spiro atoms. The van der Waals surface area contributed by atoms with Crippen molar-refractivity contribution in [1.29, 1.82) is 0 Å². The van der Waals surface area contributed by atoms with E-state index in [0.717, 1.165) is 18.7 Å². The largest absolute Gasteiger partial charge is 0.355 e. The zero-order valence-corrected chi connectivity index (χ0v) is 29.1. The molecule has 2 aliphatic rings. The average molecular weight is 657 g/mol. The highest BCUT2D eigenvalue weighted by molar-refractivity contribution is 7.25. The summed E-state index contributed by atoms with van der Waals surface area (Å²) in [6.45, 7) is 6.95. The third kappa shape index (κ3) is 3.75. The van der Waals surface area contributed by atoms with Gasteiger partial charge in [-0.1, -0.05) is 122 Å². The maximum Gasteiger partial charge on any atom is 0.198 e. The van der Waals surface area contributed by atoms with Gasteiger partial charge in [0.25, 0.3) is 0 Å². The van der Waals surface area contributed by atoms with Gasteiger partial charge in [-0.15, -0.1) is 11.3 Å². The fraction of sp³-hybridized carbons (Fsp3) is 0.0870. The second kappa shape index (κ2) is 10.00. The van der Waals surface area contributed by atoms with E-state index < -0.39 is 0 Å². The number of para-hydroxylation sites is 3. The van der Waals surface area contributed by atoms with Crippen LogP contribution >= 0.6 is 11.3 Å². The van der Waals surface area contributed by atoms with E-state index in [0.29, 0.717) is 0 Å². The summed E-state index contributed by atoms with van der Waals surface area (Å²) in [7, 11) is 0.894. The van der Waals surface area contributed by atoms with Gasteiger partial charge >= 0.3 is 0 Å². The number of aryl methyl sites for hydroxylation is 1. The summed E-state index contributed by atoms with van der Waals surface area (Å²) in [6.07, 6.45) is 0. The predicted octanol–water partition coefficient (Wildman–Crippen LogP) is 10.9. The van der Waals surface area contributed by atoms with Gasteiger partial charge in [-0.05, 0) is 76.6 Å². The maximum atomic E-state index is 3.80. The zero-order chi connectivity index (χ0) is 33.3. The number of hydrogen-bond acceptors (Lipinski definition) is 2. The van der Waals surface area contributed by atoms with Crippen LogP contribution in [0, 0.1) is 6.92 Å². The molecule has 236 valence electrons. The molecule has 0 bridgehead atoms. The van der Waals surface area contributed by atoms with Crippen molar-refractivity contribution < 1.29 is 0 Å². The van der Waals surface area contributed by atoms with Gasteiger partial charge in [0, 0.05) is 64.5 Å². The number of fused-ring (bicyclic) bond motifs is 4. The number of nitrogens with one attached hydrogen (secondary N) is 1. The van der Waals surface area contributed by atoms with Crippen LogP contribution in [-0.4, -0.2) is 11.8 Å². The molecule has 0 atom stereocenters. The Bertz CT molecular complexity index is 2910. The molecule has 0 unspecified atom stereocenters. The van der Waals surface area contributed by atoms with Crippen molar-refractivity contribution in [1.82, 2.24) is 4.57 Å². The van der Waals surface area contributed by atoms with Crippen molar-refractivity contribution in [3.63, 3.8) is 0 Å². The minimum absolute atomic E-state index is 0.101. The van der Waals surface area contributed by atoms with Gasteiger partial charge in [0.05, 0.1) is 5.52 Å². The molecular weight excluding hydrogens is 623 g/mol. The van der Waals surface area contributed by atoms with Gasteiger partial charge in [-0.25, -0.2) is 0 Å². The second-order valence-corrected chi connectivity index (χ2v) is 15.8. The van der Waals surface area contributed by atoms with Crippen molar-refractivity contribution in [2.75, 3.05) is 5.32 Å². The van der Waals surface area contributed by atoms with Crippen LogP contribution in [-0.2, 0) is 5.41 Å². The van der Waals surface area contributed by atoms with Crippen molar-refractivity contribution >= 4 is 82.9 Å². The standard InChI is InChI=1S/C46H33BN2S/c1-26-18-21-28(22-19-26)48-38-16-6-4-10-29(38)34-25-33(27-20-23-31-30-11-5-7-17-39(30)50-40(31)24-27)41-32-12-8-13-35-43(32)49-44-36(46(35,2)3)14-9-15-37(44)47-42(34)45(41)49/h4-25,47-48H,1-3H3. The van der Waals surface area contributed by atoms with Gasteiger partial charge in [0.2, 0.25) is 0 Å². The van der Waals surface area contributed by atoms with E-state index >= 15 is 0 Å². The first-order valence-electron chi connectivity index (χ1n) is 17.6. The topological polar surface area (TPSA) is 17.0 Å². The molecule has 1 N–H and O–H groups in total. The summed E-state index contributed by atoms with van der Waals surface area (Å²) in [4.78, 5) is 0. The first kappa shape index (κ1) is 28.3. The summed E-state index contributed by atoms with van der Waals surface area (Å²) in [6, 6.07) is 50.0. The van der Waals surface area contributed by atoms with E-state index in [4.69, 9.17) is 0 Å². The number of hydrogen-bond donors (Lipinski definition) is 1. The Morgan fingerprint density at radius 3 is 2.28 bits per heavy atom. The fourth-order valence-corrected chi connectivity index (χ4v) is 10.2. The van der Waals surface area contributed by atoms with Crippen LogP contribution in [0.25, 0.3) is 69.9 Å². The van der Waals surface area contributed by atoms with Crippen LogP contribution in [0.1, 0.15) is 30.5 Å². The molecule has 9 aromatic rings. The lowest BCUT2D eigenvalue weighted by atomic mass is 9.57. The molecule has 4 heterocycles. The van der Waals surface area contributed by atoms with E-state index in [1.807, 2.05) is 11.3 Å². The van der Waals surface area contributed by atoms with Crippen molar-refractivity contribution in [3.8, 4) is 27.9 Å². The average Bonchev–Trinajstić information content (AvgIpc) is 3.69. The molecule has 0 saturated carbocycles.